The van der Waals surface area contributed by atoms with Crippen LogP contribution in [-0.2, 0) is 21.1 Å². The van der Waals surface area contributed by atoms with Crippen LogP contribution in [0.2, 0.25) is 0 Å². The van der Waals surface area contributed by atoms with Crippen molar-refractivity contribution in [2.75, 3.05) is 25.9 Å². The predicted molar refractivity (Wildman–Crippen MR) is 93.5 cm³/mol. The first-order valence-corrected chi connectivity index (χ1v) is 9.72. The van der Waals surface area contributed by atoms with Gasteiger partial charge in [0.1, 0.15) is 0 Å². The number of carbonyl (C=O) groups is 1. The highest BCUT2D eigenvalue weighted by Crippen LogP contribution is 2.13. The topological polar surface area (TPSA) is 74.7 Å². The van der Waals surface area contributed by atoms with Crippen LogP contribution in [-0.4, -0.2) is 50.3 Å². The van der Waals surface area contributed by atoms with Gasteiger partial charge in [-0.2, -0.15) is 0 Å². The number of nitrogens with zero attached hydrogens (tertiary/aromatic N) is 1. The molecule has 0 saturated heterocycles. The number of hydrogen-bond acceptors (Lipinski definition) is 4. The number of carboxylic acids is 1. The molecular weight excluding hydrogens is 314 g/mol. The maximum Gasteiger partial charge on any atom is 0.317 e. The van der Waals surface area contributed by atoms with Gasteiger partial charge in [-0.25, -0.2) is 8.42 Å². The highest BCUT2D eigenvalue weighted by molar-refractivity contribution is 7.90. The third-order valence-corrected chi connectivity index (χ3v) is 4.38. The van der Waals surface area contributed by atoms with Crippen molar-refractivity contribution in [3.05, 3.63) is 29.8 Å². The smallest absolute Gasteiger partial charge is 0.317 e. The van der Waals surface area contributed by atoms with E-state index in [1.54, 1.807) is 12.1 Å². The molecule has 0 aliphatic rings. The standard InChI is InChI=1S/C11H16O2S.C6H13NO2/c1-9(2)8-10-4-6-11(7-5-10)14(3,12)13;1-3-7(4-2)5-6(8)9/h4-7,9H,8H2,1-3H3;3-5H2,1-2H3,(H,8,9). The normalized spacial score (nSPS) is 11.3. The molecule has 23 heavy (non-hydrogen) atoms. The van der Waals surface area contributed by atoms with Gasteiger partial charge < -0.3 is 5.11 Å². The summed E-state index contributed by atoms with van der Waals surface area (Å²) in [6, 6.07) is 7.12. The van der Waals surface area contributed by atoms with E-state index < -0.39 is 15.8 Å². The summed E-state index contributed by atoms with van der Waals surface area (Å²) in [6.07, 6.45) is 2.22. The SMILES string of the molecule is CC(C)Cc1ccc(S(C)(=O)=O)cc1.CCN(CC)CC(=O)O. The number of hydrogen-bond donors (Lipinski definition) is 1. The quantitative estimate of drug-likeness (QED) is 0.824. The molecule has 0 spiro atoms. The van der Waals surface area contributed by atoms with E-state index in [1.807, 2.05) is 30.9 Å². The van der Waals surface area contributed by atoms with E-state index >= 15 is 0 Å². The van der Waals surface area contributed by atoms with Crippen LogP contribution in [0.5, 0.6) is 0 Å². The molecule has 0 aliphatic carbocycles. The van der Waals surface area contributed by atoms with Gasteiger partial charge in [-0.3, -0.25) is 9.69 Å². The van der Waals surface area contributed by atoms with Crippen LogP contribution >= 0.6 is 0 Å². The summed E-state index contributed by atoms with van der Waals surface area (Å²) in [5, 5.41) is 8.30. The van der Waals surface area contributed by atoms with Gasteiger partial charge in [-0.15, -0.1) is 0 Å². The minimum atomic E-state index is -3.05. The number of likely N-dealkylation sites (N-methyl/N-ethyl adjacent to an activating group) is 1. The minimum absolute atomic E-state index is 0.160. The average molecular weight is 343 g/mol. The Morgan fingerprint density at radius 1 is 1.13 bits per heavy atom. The zero-order valence-electron chi connectivity index (χ0n) is 14.7. The molecular formula is C17H29NO4S. The molecule has 1 N–H and O–H groups in total. The Morgan fingerprint density at radius 3 is 1.87 bits per heavy atom. The van der Waals surface area contributed by atoms with Crippen LogP contribution in [0.3, 0.4) is 0 Å². The molecule has 0 aliphatic heterocycles. The third kappa shape index (κ3) is 10.1. The largest absolute Gasteiger partial charge is 0.480 e. The Kier molecular flexibility index (Phi) is 9.76. The Balaban J connectivity index is 0.000000468. The zero-order chi connectivity index (χ0) is 18.0. The van der Waals surface area contributed by atoms with E-state index in [4.69, 9.17) is 5.11 Å². The van der Waals surface area contributed by atoms with E-state index in [0.29, 0.717) is 10.8 Å². The predicted octanol–water partition coefficient (Wildman–Crippen LogP) is 2.70. The summed E-state index contributed by atoms with van der Waals surface area (Å²) in [4.78, 5) is 12.3. The number of benzene rings is 1. The second kappa shape index (κ2) is 10.4. The number of rotatable bonds is 7. The van der Waals surface area contributed by atoms with Crippen LogP contribution < -0.4 is 0 Å². The van der Waals surface area contributed by atoms with Crippen molar-refractivity contribution in [2.45, 2.75) is 39.0 Å². The maximum absolute atomic E-state index is 11.2. The molecule has 0 fully saturated rings. The molecule has 0 amide bonds. The van der Waals surface area contributed by atoms with Crippen LogP contribution in [0.25, 0.3) is 0 Å². The molecule has 0 unspecified atom stereocenters. The number of aliphatic carboxylic acids is 1. The summed E-state index contributed by atoms with van der Waals surface area (Å²) in [6.45, 7) is 9.96. The number of sulfone groups is 1. The molecule has 0 atom stereocenters. The minimum Gasteiger partial charge on any atom is -0.480 e. The van der Waals surface area contributed by atoms with Crippen molar-refractivity contribution in [3.63, 3.8) is 0 Å². The van der Waals surface area contributed by atoms with Gasteiger partial charge in [0.15, 0.2) is 9.84 Å². The fourth-order valence-electron chi connectivity index (χ4n) is 1.98. The molecule has 0 bridgehead atoms. The van der Waals surface area contributed by atoms with E-state index in [0.717, 1.165) is 19.5 Å². The van der Waals surface area contributed by atoms with Crippen molar-refractivity contribution in [2.24, 2.45) is 5.92 Å². The monoisotopic (exact) mass is 343 g/mol. The third-order valence-electron chi connectivity index (χ3n) is 3.25. The maximum atomic E-state index is 11.2. The second-order valence-corrected chi connectivity index (χ2v) is 7.88. The van der Waals surface area contributed by atoms with Crippen molar-refractivity contribution in [3.8, 4) is 0 Å². The van der Waals surface area contributed by atoms with Crippen molar-refractivity contribution >= 4 is 15.8 Å². The van der Waals surface area contributed by atoms with Gasteiger partial charge in [-0.1, -0.05) is 39.8 Å². The number of carboxylic acid groups (broad SMARTS) is 1. The van der Waals surface area contributed by atoms with Gasteiger partial charge in [0, 0.05) is 6.26 Å². The Bertz CT molecular complexity index is 561. The Hall–Kier alpha value is -1.40. The Morgan fingerprint density at radius 2 is 1.61 bits per heavy atom. The highest BCUT2D eigenvalue weighted by atomic mass is 32.2. The van der Waals surface area contributed by atoms with Crippen molar-refractivity contribution in [1.29, 1.82) is 0 Å². The molecule has 0 saturated carbocycles. The Labute approximate surface area is 140 Å². The van der Waals surface area contributed by atoms with Crippen molar-refractivity contribution < 1.29 is 18.3 Å². The van der Waals surface area contributed by atoms with Crippen LogP contribution in [0.1, 0.15) is 33.3 Å². The molecule has 0 aromatic heterocycles. The van der Waals surface area contributed by atoms with Crippen molar-refractivity contribution in [1.82, 2.24) is 4.90 Å². The lowest BCUT2D eigenvalue weighted by Crippen LogP contribution is -2.29. The average Bonchev–Trinajstić information content (AvgIpc) is 2.44. The summed E-state index contributed by atoms with van der Waals surface area (Å²) in [5.74, 6) is -0.155. The van der Waals surface area contributed by atoms with E-state index in [-0.39, 0.29) is 6.54 Å². The summed E-state index contributed by atoms with van der Waals surface area (Å²) in [5.41, 5.74) is 1.19. The fraction of sp³-hybridized carbons (Fsp3) is 0.588. The van der Waals surface area contributed by atoms with Gasteiger partial charge in [0.05, 0.1) is 11.4 Å². The van der Waals surface area contributed by atoms with E-state index in [9.17, 15) is 13.2 Å². The van der Waals surface area contributed by atoms with Crippen LogP contribution in [0, 0.1) is 5.92 Å². The highest BCUT2D eigenvalue weighted by Gasteiger charge is 2.06. The summed E-state index contributed by atoms with van der Waals surface area (Å²) in [7, 11) is -3.05. The molecule has 132 valence electrons. The first-order valence-electron chi connectivity index (χ1n) is 7.83. The molecule has 0 heterocycles. The fourth-order valence-corrected chi connectivity index (χ4v) is 2.61. The molecule has 1 aromatic carbocycles. The van der Waals surface area contributed by atoms with Gasteiger partial charge in [0.2, 0.25) is 0 Å². The lowest BCUT2D eigenvalue weighted by molar-refractivity contribution is -0.138. The van der Waals surface area contributed by atoms with Gasteiger partial charge in [-0.05, 0) is 43.1 Å². The van der Waals surface area contributed by atoms with E-state index in [2.05, 4.69) is 13.8 Å². The lowest BCUT2D eigenvalue weighted by Gasteiger charge is -2.13. The molecule has 5 nitrogen and oxygen atoms in total. The zero-order valence-corrected chi connectivity index (χ0v) is 15.6. The molecule has 0 radical (unpaired) electrons. The van der Waals surface area contributed by atoms with E-state index in [1.165, 1.54) is 11.8 Å². The molecule has 1 rings (SSSR count). The first kappa shape index (κ1) is 21.6. The summed E-state index contributed by atoms with van der Waals surface area (Å²) < 4.78 is 22.3. The van der Waals surface area contributed by atoms with Gasteiger partial charge >= 0.3 is 5.97 Å². The molecule has 6 heteroatoms. The second-order valence-electron chi connectivity index (χ2n) is 5.87. The summed E-state index contributed by atoms with van der Waals surface area (Å²) >= 11 is 0. The van der Waals surface area contributed by atoms with Gasteiger partial charge in [0.25, 0.3) is 0 Å². The lowest BCUT2D eigenvalue weighted by atomic mass is 10.0. The molecule has 1 aromatic rings. The van der Waals surface area contributed by atoms with Crippen LogP contribution in [0.15, 0.2) is 29.2 Å². The first-order chi connectivity index (χ1) is 10.6. The van der Waals surface area contributed by atoms with Crippen LogP contribution in [0.4, 0.5) is 0 Å².